The summed E-state index contributed by atoms with van der Waals surface area (Å²) >= 11 is 0. The van der Waals surface area contributed by atoms with Crippen LogP contribution in [-0.2, 0) is 0 Å². The number of hydrogen-bond donors (Lipinski definition) is 0. The van der Waals surface area contributed by atoms with Crippen molar-refractivity contribution in [2.75, 3.05) is 0 Å². The van der Waals surface area contributed by atoms with Gasteiger partial charge in [0.2, 0.25) is 0 Å². The highest BCUT2D eigenvalue weighted by molar-refractivity contribution is 5.94. The summed E-state index contributed by atoms with van der Waals surface area (Å²) in [6.07, 6.45) is 0. The van der Waals surface area contributed by atoms with Gasteiger partial charge in [-0.25, -0.2) is 0 Å². The molecule has 13 rings (SSSR count). The molecule has 386 valence electrons. The Morgan fingerprint density at radius 1 is 0.125 bits per heavy atom. The summed E-state index contributed by atoms with van der Waals surface area (Å²) in [5, 5.41) is 40.8. The van der Waals surface area contributed by atoms with Crippen molar-refractivity contribution in [3.05, 3.63) is 352 Å². The average molecular weight is 1040 g/mol. The van der Waals surface area contributed by atoms with E-state index in [1.54, 1.807) is 0 Å². The van der Waals surface area contributed by atoms with Crippen LogP contribution in [0, 0.1) is 0 Å². The van der Waals surface area contributed by atoms with Crippen molar-refractivity contribution in [1.82, 2.24) is 0 Å². The summed E-state index contributed by atoms with van der Waals surface area (Å²) < 4.78 is 0. The molecule has 0 atom stereocenters. The van der Waals surface area contributed by atoms with Gasteiger partial charge in [-0.1, -0.05) is 267 Å². The number of azo groups is 4. The van der Waals surface area contributed by atoms with Gasteiger partial charge in [-0.2, -0.15) is 30.7 Å². The molecule has 0 radical (unpaired) electrons. The predicted octanol–water partition coefficient (Wildman–Crippen LogP) is 23.2. The molecule has 0 unspecified atom stereocenters. The Labute approximate surface area is 468 Å². The van der Waals surface area contributed by atoms with Crippen molar-refractivity contribution in [1.29, 1.82) is 0 Å². The smallest absolute Gasteiger partial charge is 0.0935 e. The van der Waals surface area contributed by atoms with E-state index in [2.05, 4.69) is 126 Å². The monoisotopic (exact) mass is 1030 g/mol. The molecule has 80 heavy (non-hydrogen) atoms. The number of fused-ring (bicyclic) bond motifs is 3. The van der Waals surface area contributed by atoms with Crippen LogP contribution in [0.3, 0.4) is 0 Å². The lowest BCUT2D eigenvalue weighted by Gasteiger charge is -2.02. The SMILES string of the molecule is c1ccc(N=Nc2ccccc2)cc1.c1ccc(N=Nc2ccccc2)cc1.c1ccc(N=Nc2ccccc2)cc1.c1ccc2c(N=Nc3cccc4ccccc34)cccc2c1.c1ccc2ccccc2c1.c1ccccc1. The Balaban J connectivity index is 0.000000131. The second kappa shape index (κ2) is 32.5. The quantitative estimate of drug-likeness (QED) is 0.135. The molecule has 0 aliphatic carbocycles. The van der Waals surface area contributed by atoms with Crippen molar-refractivity contribution in [2.45, 2.75) is 0 Å². The fourth-order valence-corrected chi connectivity index (χ4v) is 7.53. The van der Waals surface area contributed by atoms with E-state index in [4.69, 9.17) is 0 Å². The highest BCUT2D eigenvalue weighted by Gasteiger charge is 2.01. The van der Waals surface area contributed by atoms with E-state index in [1.807, 2.05) is 267 Å². The molecule has 0 amide bonds. The van der Waals surface area contributed by atoms with E-state index in [0.29, 0.717) is 0 Å². The predicted molar refractivity (Wildman–Crippen MR) is 334 cm³/mol. The van der Waals surface area contributed by atoms with Gasteiger partial charge in [-0.05, 0) is 106 Å². The maximum atomic E-state index is 4.48. The van der Waals surface area contributed by atoms with Gasteiger partial charge in [0.05, 0.1) is 45.5 Å². The first kappa shape index (κ1) is 55.3. The van der Waals surface area contributed by atoms with E-state index in [9.17, 15) is 0 Å². The van der Waals surface area contributed by atoms with Crippen molar-refractivity contribution in [3.63, 3.8) is 0 Å². The zero-order valence-corrected chi connectivity index (χ0v) is 44.1. The Bertz CT molecular complexity index is 3410. The lowest BCUT2D eigenvalue weighted by atomic mass is 10.1. The Morgan fingerprint density at radius 3 is 0.537 bits per heavy atom. The second-order valence-electron chi connectivity index (χ2n) is 17.3. The van der Waals surface area contributed by atoms with Gasteiger partial charge >= 0.3 is 0 Å². The molecule has 13 aromatic carbocycles. The molecule has 0 N–H and O–H groups in total. The lowest BCUT2D eigenvalue weighted by Crippen LogP contribution is -1.74. The largest absolute Gasteiger partial charge is 0.151 e. The van der Waals surface area contributed by atoms with Crippen molar-refractivity contribution < 1.29 is 0 Å². The second-order valence-corrected chi connectivity index (χ2v) is 17.3. The van der Waals surface area contributed by atoms with Gasteiger partial charge in [0.1, 0.15) is 0 Å². The normalized spacial score (nSPS) is 10.6. The first-order chi connectivity index (χ1) is 39.7. The molecule has 8 nitrogen and oxygen atoms in total. The third-order valence-corrected chi connectivity index (χ3v) is 11.5. The maximum Gasteiger partial charge on any atom is 0.0935 e. The third-order valence-electron chi connectivity index (χ3n) is 11.5. The van der Waals surface area contributed by atoms with E-state index in [0.717, 1.165) is 56.3 Å². The van der Waals surface area contributed by atoms with Crippen LogP contribution in [-0.4, -0.2) is 0 Å². The van der Waals surface area contributed by atoms with E-state index < -0.39 is 0 Å². The van der Waals surface area contributed by atoms with Gasteiger partial charge in [-0.15, -0.1) is 10.2 Å². The third kappa shape index (κ3) is 19.3. The molecule has 0 aromatic heterocycles. The summed E-state index contributed by atoms with van der Waals surface area (Å²) in [6, 6.07) is 116. The van der Waals surface area contributed by atoms with Crippen LogP contribution in [0.1, 0.15) is 0 Å². The lowest BCUT2D eigenvalue weighted by molar-refractivity contribution is 1.23. The zero-order chi connectivity index (χ0) is 54.8. The standard InChI is InChI=1S/C20H14N2.3C12H10N2.C10H8.C6H6/c1-3-11-17-15(7-1)9-5-13-19(17)21-22-20-14-6-10-16-8-2-4-12-18(16)20;3*1-3-7-11(8-4-1)13-14-12-9-5-2-6-10-12;1-2-6-10-8-4-3-7-9(10)5-1;1-2-4-6-5-3-1/h1-14H;3*1-10H;1-8H;1-6H. The van der Waals surface area contributed by atoms with E-state index in [1.165, 1.54) is 21.5 Å². The molecular weight excluding hydrogens is 977 g/mol. The van der Waals surface area contributed by atoms with Crippen molar-refractivity contribution in [3.8, 4) is 0 Å². The molecule has 0 saturated carbocycles. The first-order valence-electron chi connectivity index (χ1n) is 26.1. The van der Waals surface area contributed by atoms with Crippen LogP contribution in [0.15, 0.2) is 393 Å². The van der Waals surface area contributed by atoms with Gasteiger partial charge in [-0.3, -0.25) is 0 Å². The minimum atomic E-state index is 0.872. The van der Waals surface area contributed by atoms with Gasteiger partial charge in [0.15, 0.2) is 0 Å². The molecule has 0 bridgehead atoms. The van der Waals surface area contributed by atoms with Gasteiger partial charge in [0, 0.05) is 10.8 Å². The highest BCUT2D eigenvalue weighted by Crippen LogP contribution is 2.31. The Morgan fingerprint density at radius 2 is 0.300 bits per heavy atom. The summed E-state index contributed by atoms with van der Waals surface area (Å²) in [7, 11) is 0. The average Bonchev–Trinajstić information content (AvgIpc) is 3.56. The number of rotatable bonds is 8. The van der Waals surface area contributed by atoms with Gasteiger partial charge in [0.25, 0.3) is 0 Å². The number of benzene rings is 13. The Kier molecular flexibility index (Phi) is 22.4. The van der Waals surface area contributed by atoms with Crippen molar-refractivity contribution >= 4 is 77.8 Å². The molecular formula is C72H58N8. The van der Waals surface area contributed by atoms with E-state index >= 15 is 0 Å². The van der Waals surface area contributed by atoms with Crippen LogP contribution in [0.25, 0.3) is 32.3 Å². The molecule has 0 spiro atoms. The minimum absolute atomic E-state index is 0.872. The number of nitrogens with zero attached hydrogens (tertiary/aromatic N) is 8. The molecule has 0 aliphatic rings. The minimum Gasteiger partial charge on any atom is -0.151 e. The topological polar surface area (TPSA) is 98.9 Å². The maximum absolute atomic E-state index is 4.48. The molecule has 13 aromatic rings. The van der Waals surface area contributed by atoms with Crippen LogP contribution in [0.5, 0.6) is 0 Å². The fourth-order valence-electron chi connectivity index (χ4n) is 7.53. The summed E-state index contributed by atoms with van der Waals surface area (Å²) in [5.41, 5.74) is 7.02. The zero-order valence-electron chi connectivity index (χ0n) is 44.1. The molecule has 0 heterocycles. The van der Waals surface area contributed by atoms with Crippen molar-refractivity contribution in [2.24, 2.45) is 40.9 Å². The number of hydrogen-bond acceptors (Lipinski definition) is 8. The van der Waals surface area contributed by atoms with Crippen LogP contribution in [0.4, 0.5) is 45.5 Å². The molecule has 0 aliphatic heterocycles. The molecule has 0 saturated heterocycles. The van der Waals surface area contributed by atoms with Gasteiger partial charge < -0.3 is 0 Å². The fraction of sp³-hybridized carbons (Fsp3) is 0. The summed E-state index contributed by atoms with van der Waals surface area (Å²) in [6.45, 7) is 0. The summed E-state index contributed by atoms with van der Waals surface area (Å²) in [5.74, 6) is 0. The van der Waals surface area contributed by atoms with E-state index in [-0.39, 0.29) is 0 Å². The first-order valence-corrected chi connectivity index (χ1v) is 26.1. The molecule has 8 heteroatoms. The van der Waals surface area contributed by atoms with Crippen LogP contribution < -0.4 is 0 Å². The Hall–Kier alpha value is -11.0. The van der Waals surface area contributed by atoms with Crippen LogP contribution in [0.2, 0.25) is 0 Å². The summed E-state index contributed by atoms with van der Waals surface area (Å²) in [4.78, 5) is 0. The molecule has 0 fully saturated rings. The highest BCUT2D eigenvalue weighted by atomic mass is 15.1. The van der Waals surface area contributed by atoms with Crippen LogP contribution >= 0.6 is 0 Å².